The molecule has 4 bridgehead atoms. The number of carbonyl (C=O) groups is 1. The van der Waals surface area contributed by atoms with Crippen LogP contribution >= 0.6 is 11.3 Å². The molecule has 44 heavy (non-hydrogen) atoms. The van der Waals surface area contributed by atoms with E-state index >= 15 is 0 Å². The molecule has 2 atom stereocenters. The minimum Gasteiger partial charge on any atom is -0.491 e. The largest absolute Gasteiger partial charge is 0.491 e. The number of benzene rings is 2. The second-order valence-corrected chi connectivity index (χ2v) is 12.1. The van der Waals surface area contributed by atoms with E-state index in [0.29, 0.717) is 54.0 Å². The number of hydrogen-bond donors (Lipinski definition) is 3. The summed E-state index contributed by atoms with van der Waals surface area (Å²) in [7, 11) is 2.10. The minimum atomic E-state index is -4.38. The van der Waals surface area contributed by atoms with Gasteiger partial charge in [0.2, 0.25) is 5.91 Å². The SMILES string of the molecule is CN1CCC2Nc3cccc4c(CC(F)(F)F)c(sc34)C#CCNc3cc(cc(C(N)=O)c3)OCCOCCOCCC2C1. The van der Waals surface area contributed by atoms with Crippen LogP contribution in [-0.4, -0.2) is 82.7 Å². The molecule has 0 radical (unpaired) electrons. The van der Waals surface area contributed by atoms with Gasteiger partial charge in [-0.05, 0) is 61.5 Å². The van der Waals surface area contributed by atoms with E-state index in [1.54, 1.807) is 30.3 Å². The van der Waals surface area contributed by atoms with Gasteiger partial charge in [-0.1, -0.05) is 24.0 Å². The summed E-state index contributed by atoms with van der Waals surface area (Å²) in [6.07, 6.45) is -3.69. The van der Waals surface area contributed by atoms with Crippen molar-refractivity contribution >= 4 is 38.7 Å². The lowest BCUT2D eigenvalue weighted by atomic mass is 9.89. The zero-order valence-electron chi connectivity index (χ0n) is 24.6. The quantitative estimate of drug-likeness (QED) is 0.339. The van der Waals surface area contributed by atoms with Crippen LogP contribution < -0.4 is 21.1 Å². The number of hydrogen-bond acceptors (Lipinski definition) is 8. The second-order valence-electron chi connectivity index (χ2n) is 11.1. The molecule has 3 aromatic rings. The van der Waals surface area contributed by atoms with Gasteiger partial charge in [0.1, 0.15) is 12.4 Å². The average molecular weight is 631 g/mol. The molecule has 1 fully saturated rings. The molecule has 5 rings (SSSR count). The van der Waals surface area contributed by atoms with Gasteiger partial charge >= 0.3 is 6.18 Å². The number of amides is 1. The monoisotopic (exact) mass is 630 g/mol. The van der Waals surface area contributed by atoms with Gasteiger partial charge in [0.05, 0.1) is 48.1 Å². The lowest BCUT2D eigenvalue weighted by Crippen LogP contribution is -2.45. The van der Waals surface area contributed by atoms with Crippen LogP contribution in [0.15, 0.2) is 36.4 Å². The van der Waals surface area contributed by atoms with Crippen molar-refractivity contribution in [2.24, 2.45) is 11.7 Å². The zero-order valence-corrected chi connectivity index (χ0v) is 25.4. The van der Waals surface area contributed by atoms with Gasteiger partial charge in [0.15, 0.2) is 0 Å². The highest BCUT2D eigenvalue weighted by Gasteiger charge is 2.32. The molecule has 0 spiro atoms. The number of likely N-dealkylation sites (tertiary alicyclic amines) is 1. The van der Waals surface area contributed by atoms with Gasteiger partial charge in [0.25, 0.3) is 0 Å². The molecule has 4 N–H and O–H groups in total. The van der Waals surface area contributed by atoms with Gasteiger partial charge in [-0.2, -0.15) is 13.2 Å². The molecule has 1 saturated heterocycles. The molecule has 3 heterocycles. The number of thiophene rings is 1. The molecule has 1 amide bonds. The Morgan fingerprint density at radius 2 is 1.91 bits per heavy atom. The number of nitrogens with one attached hydrogen (secondary N) is 2. The van der Waals surface area contributed by atoms with Crippen molar-refractivity contribution in [3.63, 3.8) is 0 Å². The van der Waals surface area contributed by atoms with Gasteiger partial charge in [-0.25, -0.2) is 0 Å². The number of piperidine rings is 1. The van der Waals surface area contributed by atoms with Gasteiger partial charge < -0.3 is 35.5 Å². The molecule has 12 heteroatoms. The van der Waals surface area contributed by atoms with Crippen LogP contribution in [0.2, 0.25) is 0 Å². The number of carbonyl (C=O) groups excluding carboxylic acids is 1. The lowest BCUT2D eigenvalue weighted by molar-refractivity contribution is -0.126. The summed E-state index contributed by atoms with van der Waals surface area (Å²) in [6, 6.07) is 10.5. The van der Waals surface area contributed by atoms with E-state index in [0.717, 1.165) is 36.3 Å². The van der Waals surface area contributed by atoms with Crippen molar-refractivity contribution in [2.75, 3.05) is 70.3 Å². The molecular formula is C32H37F3N4O4S. The molecule has 2 aliphatic heterocycles. The molecule has 2 aliphatic rings. The van der Waals surface area contributed by atoms with Crippen molar-refractivity contribution in [3.8, 4) is 17.6 Å². The van der Waals surface area contributed by atoms with Crippen molar-refractivity contribution in [1.29, 1.82) is 0 Å². The summed E-state index contributed by atoms with van der Waals surface area (Å²) >= 11 is 1.28. The normalized spacial score (nSPS) is 20.8. The molecule has 8 nitrogen and oxygen atoms in total. The maximum atomic E-state index is 13.7. The summed E-state index contributed by atoms with van der Waals surface area (Å²) in [5.74, 6) is 6.07. The fraction of sp³-hybridized carbons (Fsp3) is 0.469. The standard InChI is InChI=1S/C32H37F3N4O4S/c1-39-10-7-27-21(20-39)8-11-41-12-13-42-14-15-43-24-17-22(31(36)40)16-23(18-24)37-9-3-6-29-26(19-32(33,34)35)25-4-2-5-28(38-27)30(25)44-29/h2,4-5,16-18,21,27,37-38H,7-15,19-20H2,1H3,(H2,36,40). The molecule has 0 aliphatic carbocycles. The predicted molar refractivity (Wildman–Crippen MR) is 167 cm³/mol. The van der Waals surface area contributed by atoms with Crippen molar-refractivity contribution in [3.05, 3.63) is 52.4 Å². The Labute approximate surface area is 259 Å². The maximum Gasteiger partial charge on any atom is 0.393 e. The highest BCUT2D eigenvalue weighted by molar-refractivity contribution is 7.20. The van der Waals surface area contributed by atoms with Crippen LogP contribution in [0.5, 0.6) is 5.75 Å². The Bertz CT molecular complexity index is 1520. The van der Waals surface area contributed by atoms with E-state index < -0.39 is 18.5 Å². The fourth-order valence-corrected chi connectivity index (χ4v) is 6.80. The molecule has 2 aromatic carbocycles. The smallest absolute Gasteiger partial charge is 0.393 e. The van der Waals surface area contributed by atoms with Crippen LogP contribution in [0.3, 0.4) is 0 Å². The predicted octanol–water partition coefficient (Wildman–Crippen LogP) is 5.12. The van der Waals surface area contributed by atoms with E-state index in [9.17, 15) is 18.0 Å². The van der Waals surface area contributed by atoms with Gasteiger partial charge in [0, 0.05) is 36.5 Å². The van der Waals surface area contributed by atoms with Crippen LogP contribution in [0.1, 0.15) is 33.6 Å². The lowest BCUT2D eigenvalue weighted by Gasteiger charge is -2.38. The van der Waals surface area contributed by atoms with Crippen LogP contribution in [-0.2, 0) is 15.9 Å². The molecule has 236 valence electrons. The molecule has 0 saturated carbocycles. The summed E-state index contributed by atoms with van der Waals surface area (Å²) in [4.78, 5) is 14.6. The number of anilines is 2. The Hall–Kier alpha value is -3.50. The minimum absolute atomic E-state index is 0.132. The summed E-state index contributed by atoms with van der Waals surface area (Å²) in [5.41, 5.74) is 7.31. The number of nitrogens with zero attached hydrogens (tertiary/aromatic N) is 1. The summed E-state index contributed by atoms with van der Waals surface area (Å²) in [5, 5.41) is 7.36. The maximum absolute atomic E-state index is 13.7. The average Bonchev–Trinajstić information content (AvgIpc) is 3.31. The van der Waals surface area contributed by atoms with Crippen molar-refractivity contribution < 1.29 is 32.2 Å². The zero-order chi connectivity index (χ0) is 31.1. The Kier molecular flexibility index (Phi) is 10.5. The number of fused-ring (bicyclic) bond motifs is 4. The third-order valence-electron chi connectivity index (χ3n) is 7.75. The van der Waals surface area contributed by atoms with Crippen molar-refractivity contribution in [1.82, 2.24) is 4.90 Å². The third kappa shape index (κ3) is 8.57. The Balaban J connectivity index is 1.47. The molecule has 1 aromatic heterocycles. The van der Waals surface area contributed by atoms with E-state index in [1.807, 2.05) is 6.07 Å². The van der Waals surface area contributed by atoms with Crippen LogP contribution in [0.4, 0.5) is 24.5 Å². The summed E-state index contributed by atoms with van der Waals surface area (Å²) < 4.78 is 59.3. The number of halogens is 3. The first-order valence-corrected chi connectivity index (χ1v) is 15.5. The Morgan fingerprint density at radius 1 is 1.11 bits per heavy atom. The molecule has 2 unspecified atom stereocenters. The first-order chi connectivity index (χ1) is 21.2. The van der Waals surface area contributed by atoms with E-state index in [4.69, 9.17) is 19.9 Å². The first kappa shape index (κ1) is 31.9. The number of rotatable bonds is 2. The highest BCUT2D eigenvalue weighted by atomic mass is 32.1. The van der Waals surface area contributed by atoms with Gasteiger partial charge in [-0.15, -0.1) is 11.3 Å². The third-order valence-corrected chi connectivity index (χ3v) is 8.95. The number of ether oxygens (including phenoxy) is 3. The summed E-state index contributed by atoms with van der Waals surface area (Å²) in [6.45, 7) is 4.01. The molecular weight excluding hydrogens is 593 g/mol. The highest BCUT2D eigenvalue weighted by Crippen LogP contribution is 2.40. The Morgan fingerprint density at radius 3 is 2.70 bits per heavy atom. The number of primary amides is 1. The fourth-order valence-electron chi connectivity index (χ4n) is 5.63. The van der Waals surface area contributed by atoms with E-state index in [2.05, 4.69) is 34.4 Å². The number of alkyl halides is 3. The second kappa shape index (κ2) is 14.5. The van der Waals surface area contributed by atoms with Crippen LogP contribution in [0, 0.1) is 17.8 Å². The number of nitrogens with two attached hydrogens (primary N) is 1. The first-order valence-electron chi connectivity index (χ1n) is 14.7. The van der Waals surface area contributed by atoms with Crippen LogP contribution in [0.25, 0.3) is 10.1 Å². The van der Waals surface area contributed by atoms with Crippen molar-refractivity contribution in [2.45, 2.75) is 31.5 Å². The van der Waals surface area contributed by atoms with E-state index in [-0.39, 0.29) is 30.3 Å². The van der Waals surface area contributed by atoms with E-state index in [1.165, 1.54) is 11.3 Å². The topological polar surface area (TPSA) is 98.1 Å². The van der Waals surface area contributed by atoms with Gasteiger partial charge in [-0.3, -0.25) is 4.79 Å².